The largest absolute Gasteiger partial charge is 0.492 e. The number of aryl methyl sites for hydroxylation is 1. The number of carbonyl (C=O) groups is 1. The van der Waals surface area contributed by atoms with Gasteiger partial charge in [-0.2, -0.15) is 4.52 Å². The summed E-state index contributed by atoms with van der Waals surface area (Å²) in [6.07, 6.45) is 2.19. The van der Waals surface area contributed by atoms with E-state index in [-0.39, 0.29) is 23.8 Å². The molecule has 0 spiro atoms. The zero-order valence-electron chi connectivity index (χ0n) is 16.3. The summed E-state index contributed by atoms with van der Waals surface area (Å²) in [5, 5.41) is 15.4. The first-order valence-corrected chi connectivity index (χ1v) is 11.3. The van der Waals surface area contributed by atoms with Gasteiger partial charge in [-0.15, -0.1) is 5.10 Å². The monoisotopic (exact) mass is 478 g/mol. The van der Waals surface area contributed by atoms with Crippen molar-refractivity contribution in [3.8, 4) is 5.88 Å². The van der Waals surface area contributed by atoms with E-state index in [2.05, 4.69) is 43.0 Å². The minimum atomic E-state index is -0.141. The number of aromatic hydroxyl groups is 1. The van der Waals surface area contributed by atoms with Gasteiger partial charge in [0, 0.05) is 10.9 Å². The third-order valence-corrected chi connectivity index (χ3v) is 6.97. The molecule has 0 aliphatic carbocycles. The molecular weight excluding hydrogens is 456 g/mol. The van der Waals surface area contributed by atoms with Gasteiger partial charge in [0.25, 0.3) is 0 Å². The molecule has 3 heterocycles. The number of aromatic nitrogens is 3. The first kappa shape index (κ1) is 20.3. The molecule has 1 N–H and O–H groups in total. The van der Waals surface area contributed by atoms with E-state index in [0.717, 1.165) is 53.1 Å². The number of benzene rings is 1. The maximum atomic E-state index is 11.9. The number of piperidine rings is 1. The van der Waals surface area contributed by atoms with E-state index in [4.69, 9.17) is 4.74 Å². The number of nitrogens with zero attached hydrogens (tertiary/aromatic N) is 4. The molecule has 154 valence electrons. The van der Waals surface area contributed by atoms with E-state index in [1.807, 2.05) is 19.1 Å². The predicted molar refractivity (Wildman–Crippen MR) is 114 cm³/mol. The molecule has 7 nitrogen and oxygen atoms in total. The Kier molecular flexibility index (Phi) is 5.89. The van der Waals surface area contributed by atoms with Crippen LogP contribution in [0.1, 0.15) is 42.1 Å². The van der Waals surface area contributed by atoms with Gasteiger partial charge in [0.15, 0.2) is 5.82 Å². The van der Waals surface area contributed by atoms with Crippen LogP contribution in [-0.2, 0) is 16.0 Å². The zero-order chi connectivity index (χ0) is 20.5. The highest BCUT2D eigenvalue weighted by Crippen LogP contribution is 2.41. The molecular formula is C20H23BrN4O3S. The van der Waals surface area contributed by atoms with E-state index in [1.54, 1.807) is 0 Å². The molecule has 2 aromatic heterocycles. The van der Waals surface area contributed by atoms with E-state index >= 15 is 0 Å². The molecule has 1 aliphatic heterocycles. The Balaban J connectivity index is 1.71. The van der Waals surface area contributed by atoms with Crippen LogP contribution in [0.5, 0.6) is 5.88 Å². The highest BCUT2D eigenvalue weighted by atomic mass is 79.9. The highest BCUT2D eigenvalue weighted by molar-refractivity contribution is 9.10. The van der Waals surface area contributed by atoms with Crippen LogP contribution in [0.25, 0.3) is 4.96 Å². The summed E-state index contributed by atoms with van der Waals surface area (Å²) < 4.78 is 7.44. The number of hydrogen-bond donors (Lipinski definition) is 1. The van der Waals surface area contributed by atoms with Gasteiger partial charge < -0.3 is 9.84 Å². The average Bonchev–Trinajstić information content (AvgIpc) is 3.27. The number of thiazole rings is 1. The molecule has 0 unspecified atom stereocenters. The molecule has 0 bridgehead atoms. The molecule has 1 atom stereocenters. The second kappa shape index (κ2) is 8.41. The van der Waals surface area contributed by atoms with Crippen LogP contribution in [-0.4, -0.2) is 50.8 Å². The summed E-state index contributed by atoms with van der Waals surface area (Å²) in [7, 11) is 1.44. The highest BCUT2D eigenvalue weighted by Gasteiger charge is 2.34. The van der Waals surface area contributed by atoms with Crippen molar-refractivity contribution >= 4 is 38.2 Å². The molecule has 29 heavy (non-hydrogen) atoms. The van der Waals surface area contributed by atoms with E-state index in [0.29, 0.717) is 4.96 Å². The van der Waals surface area contributed by atoms with Crippen molar-refractivity contribution in [2.75, 3.05) is 20.2 Å². The van der Waals surface area contributed by atoms with Crippen LogP contribution in [0.2, 0.25) is 0 Å². The van der Waals surface area contributed by atoms with Gasteiger partial charge in [-0.25, -0.2) is 4.98 Å². The smallest absolute Gasteiger partial charge is 0.308 e. The Morgan fingerprint density at radius 3 is 2.79 bits per heavy atom. The summed E-state index contributed by atoms with van der Waals surface area (Å²) in [6.45, 7) is 3.47. The third-order valence-electron chi connectivity index (χ3n) is 5.40. The Morgan fingerprint density at radius 1 is 1.41 bits per heavy atom. The Hall–Kier alpha value is -1.97. The molecule has 1 fully saturated rings. The number of carbonyl (C=O) groups excluding carboxylic acids is 1. The van der Waals surface area contributed by atoms with Crippen molar-refractivity contribution in [1.82, 2.24) is 19.5 Å². The first-order chi connectivity index (χ1) is 14.0. The fraction of sp³-hybridized carbons (Fsp3) is 0.450. The predicted octanol–water partition coefficient (Wildman–Crippen LogP) is 3.80. The van der Waals surface area contributed by atoms with Crippen molar-refractivity contribution in [2.45, 2.75) is 32.2 Å². The van der Waals surface area contributed by atoms with Gasteiger partial charge in [0.1, 0.15) is 0 Å². The Morgan fingerprint density at radius 2 is 2.17 bits per heavy atom. The van der Waals surface area contributed by atoms with Gasteiger partial charge in [0.05, 0.1) is 23.9 Å². The number of hydrogen-bond acceptors (Lipinski definition) is 7. The fourth-order valence-corrected chi connectivity index (χ4v) is 5.44. The van der Waals surface area contributed by atoms with E-state index < -0.39 is 0 Å². The molecule has 1 aromatic carbocycles. The van der Waals surface area contributed by atoms with Gasteiger partial charge >= 0.3 is 5.97 Å². The van der Waals surface area contributed by atoms with Crippen molar-refractivity contribution < 1.29 is 14.6 Å². The molecule has 9 heteroatoms. The minimum Gasteiger partial charge on any atom is -0.492 e. The van der Waals surface area contributed by atoms with Crippen molar-refractivity contribution in [3.05, 3.63) is 45.0 Å². The normalized spacial score (nSPS) is 16.9. The number of rotatable bonds is 5. The summed E-state index contributed by atoms with van der Waals surface area (Å²) in [5.74, 6) is 0.646. The lowest BCUT2D eigenvalue weighted by molar-refractivity contribution is -0.147. The van der Waals surface area contributed by atoms with Crippen LogP contribution >= 0.6 is 27.3 Å². The maximum Gasteiger partial charge on any atom is 0.308 e. The standard InChI is InChI=1S/C20H23BrN4O3S/c1-3-15-22-20-25(23-15)18(26)17(29-20)16(13-5-4-6-14(21)11-13)24-9-7-12(8-10-24)19(27)28-2/h4-6,11-12,16,26H,3,7-10H2,1-2H3/t16-/m1/s1. The SMILES string of the molecule is CCc1nc2sc([C@@H](c3cccc(Br)c3)N3CCC(C(=O)OC)CC3)c(O)n2n1. The number of halogens is 1. The maximum absolute atomic E-state index is 11.9. The number of ether oxygens (including phenoxy) is 1. The summed E-state index contributed by atoms with van der Waals surface area (Å²) in [5.41, 5.74) is 1.08. The van der Waals surface area contributed by atoms with Crippen molar-refractivity contribution in [1.29, 1.82) is 0 Å². The fourth-order valence-electron chi connectivity index (χ4n) is 3.88. The topological polar surface area (TPSA) is 80.0 Å². The second-order valence-corrected chi connectivity index (χ2v) is 9.08. The summed E-state index contributed by atoms with van der Waals surface area (Å²) in [4.78, 5) is 20.3. The van der Waals surface area contributed by atoms with Crippen LogP contribution in [0, 0.1) is 5.92 Å². The van der Waals surface area contributed by atoms with Crippen molar-refractivity contribution in [3.63, 3.8) is 0 Å². The molecule has 3 aromatic rings. The van der Waals surface area contributed by atoms with Gasteiger partial charge in [-0.3, -0.25) is 9.69 Å². The van der Waals surface area contributed by atoms with Gasteiger partial charge in [-0.05, 0) is 43.6 Å². The number of methoxy groups -OCH3 is 1. The van der Waals surface area contributed by atoms with Crippen LogP contribution in [0.4, 0.5) is 0 Å². The van der Waals surface area contributed by atoms with Crippen LogP contribution in [0.15, 0.2) is 28.7 Å². The average molecular weight is 479 g/mol. The van der Waals surface area contributed by atoms with Crippen LogP contribution < -0.4 is 0 Å². The third kappa shape index (κ3) is 3.91. The number of likely N-dealkylation sites (tertiary alicyclic amines) is 1. The first-order valence-electron chi connectivity index (χ1n) is 9.66. The summed E-state index contributed by atoms with van der Waals surface area (Å²) >= 11 is 5.03. The van der Waals surface area contributed by atoms with Gasteiger partial charge in [-0.1, -0.05) is 46.3 Å². The zero-order valence-corrected chi connectivity index (χ0v) is 18.7. The molecule has 1 saturated heterocycles. The lowest BCUT2D eigenvalue weighted by atomic mass is 9.94. The number of fused-ring (bicyclic) bond motifs is 1. The van der Waals surface area contributed by atoms with Crippen LogP contribution in [0.3, 0.4) is 0 Å². The number of esters is 1. The van der Waals surface area contributed by atoms with E-state index in [9.17, 15) is 9.90 Å². The van der Waals surface area contributed by atoms with Gasteiger partial charge in [0.2, 0.25) is 10.8 Å². The quantitative estimate of drug-likeness (QED) is 0.561. The molecule has 0 radical (unpaired) electrons. The molecule has 0 saturated carbocycles. The second-order valence-electron chi connectivity index (χ2n) is 7.16. The lowest BCUT2D eigenvalue weighted by Gasteiger charge is -2.36. The molecule has 4 rings (SSSR count). The Labute approximate surface area is 181 Å². The molecule has 0 amide bonds. The summed E-state index contributed by atoms with van der Waals surface area (Å²) in [6, 6.07) is 7.99. The van der Waals surface area contributed by atoms with Crippen molar-refractivity contribution in [2.24, 2.45) is 5.92 Å². The Bertz CT molecular complexity index is 1030. The molecule has 1 aliphatic rings. The minimum absolute atomic E-state index is 0.0672. The van der Waals surface area contributed by atoms with E-state index in [1.165, 1.54) is 23.0 Å². The lowest BCUT2D eigenvalue weighted by Crippen LogP contribution is -2.39.